The number of ether oxygens (including phenoxy) is 1. The van der Waals surface area contributed by atoms with Gasteiger partial charge in [0, 0.05) is 46.2 Å². The van der Waals surface area contributed by atoms with Gasteiger partial charge in [-0.15, -0.1) is 0 Å². The molecule has 138 valence electrons. The van der Waals surface area contributed by atoms with Crippen molar-refractivity contribution in [3.8, 4) is 0 Å². The van der Waals surface area contributed by atoms with Crippen LogP contribution >= 0.6 is 0 Å². The van der Waals surface area contributed by atoms with E-state index < -0.39 is 5.60 Å². The SMILES string of the molecule is CC(=O)N1CCCN(CC2CCCN(C(=O)OC(C)(C)C)C2)CC1. The van der Waals surface area contributed by atoms with Gasteiger partial charge in [0.15, 0.2) is 0 Å². The quantitative estimate of drug-likeness (QED) is 0.774. The lowest BCUT2D eigenvalue weighted by molar-refractivity contribution is -0.128. The van der Waals surface area contributed by atoms with Crippen LogP contribution in [0.25, 0.3) is 0 Å². The minimum Gasteiger partial charge on any atom is -0.444 e. The number of hydrogen-bond acceptors (Lipinski definition) is 4. The molecule has 0 aromatic heterocycles. The first-order valence-corrected chi connectivity index (χ1v) is 9.20. The molecule has 0 N–H and O–H groups in total. The van der Waals surface area contributed by atoms with E-state index in [4.69, 9.17) is 4.74 Å². The molecule has 2 amide bonds. The second-order valence-electron chi connectivity index (χ2n) is 8.09. The van der Waals surface area contributed by atoms with Gasteiger partial charge in [0.2, 0.25) is 5.91 Å². The third-order valence-electron chi connectivity index (χ3n) is 4.72. The van der Waals surface area contributed by atoms with Crippen LogP contribution in [-0.4, -0.2) is 78.1 Å². The van der Waals surface area contributed by atoms with Gasteiger partial charge in [-0.2, -0.15) is 0 Å². The van der Waals surface area contributed by atoms with Gasteiger partial charge in [0.1, 0.15) is 5.60 Å². The van der Waals surface area contributed by atoms with Gasteiger partial charge >= 0.3 is 6.09 Å². The van der Waals surface area contributed by atoms with Crippen molar-refractivity contribution in [3.63, 3.8) is 0 Å². The zero-order chi connectivity index (χ0) is 17.7. The molecule has 2 rings (SSSR count). The molecule has 0 bridgehead atoms. The number of rotatable bonds is 2. The number of amides is 2. The fraction of sp³-hybridized carbons (Fsp3) is 0.889. The van der Waals surface area contributed by atoms with Crippen molar-refractivity contribution in [2.45, 2.75) is 52.6 Å². The van der Waals surface area contributed by atoms with E-state index in [0.717, 1.165) is 65.1 Å². The summed E-state index contributed by atoms with van der Waals surface area (Å²) in [5, 5.41) is 0. The number of likely N-dealkylation sites (tertiary alicyclic amines) is 1. The molecule has 2 aliphatic heterocycles. The summed E-state index contributed by atoms with van der Waals surface area (Å²) in [6.07, 6.45) is 3.04. The highest BCUT2D eigenvalue weighted by molar-refractivity contribution is 5.73. The summed E-state index contributed by atoms with van der Waals surface area (Å²) in [7, 11) is 0. The summed E-state index contributed by atoms with van der Waals surface area (Å²) in [6, 6.07) is 0. The van der Waals surface area contributed by atoms with Crippen LogP contribution in [-0.2, 0) is 9.53 Å². The molecule has 1 unspecified atom stereocenters. The third-order valence-corrected chi connectivity index (χ3v) is 4.72. The minimum atomic E-state index is -0.440. The van der Waals surface area contributed by atoms with E-state index in [9.17, 15) is 9.59 Å². The van der Waals surface area contributed by atoms with Crippen molar-refractivity contribution in [3.05, 3.63) is 0 Å². The Morgan fingerprint density at radius 1 is 1.00 bits per heavy atom. The Hall–Kier alpha value is -1.30. The van der Waals surface area contributed by atoms with Gasteiger partial charge in [0.25, 0.3) is 0 Å². The van der Waals surface area contributed by atoms with E-state index in [0.29, 0.717) is 5.92 Å². The lowest BCUT2D eigenvalue weighted by Crippen LogP contribution is -2.46. The Morgan fingerprint density at radius 3 is 2.38 bits per heavy atom. The largest absolute Gasteiger partial charge is 0.444 e. The van der Waals surface area contributed by atoms with Crippen molar-refractivity contribution in [2.75, 3.05) is 45.8 Å². The number of piperidine rings is 1. The smallest absolute Gasteiger partial charge is 0.410 e. The highest BCUT2D eigenvalue weighted by Crippen LogP contribution is 2.21. The molecule has 2 fully saturated rings. The molecular formula is C18H33N3O3. The summed E-state index contributed by atoms with van der Waals surface area (Å²) in [4.78, 5) is 30.0. The molecule has 0 aliphatic carbocycles. The van der Waals surface area contributed by atoms with Crippen LogP contribution < -0.4 is 0 Å². The first-order chi connectivity index (χ1) is 11.2. The number of carbonyl (C=O) groups is 2. The molecule has 0 radical (unpaired) electrons. The van der Waals surface area contributed by atoms with Crippen LogP contribution in [0.2, 0.25) is 0 Å². The van der Waals surface area contributed by atoms with Gasteiger partial charge in [-0.25, -0.2) is 4.79 Å². The molecule has 2 aliphatic rings. The van der Waals surface area contributed by atoms with E-state index in [2.05, 4.69) is 4.90 Å². The molecule has 2 saturated heterocycles. The second-order valence-corrected chi connectivity index (χ2v) is 8.09. The number of carbonyl (C=O) groups excluding carboxylic acids is 2. The van der Waals surface area contributed by atoms with Crippen molar-refractivity contribution >= 4 is 12.0 Å². The lowest BCUT2D eigenvalue weighted by Gasteiger charge is -2.36. The first-order valence-electron chi connectivity index (χ1n) is 9.20. The van der Waals surface area contributed by atoms with E-state index in [1.807, 2.05) is 30.6 Å². The number of nitrogens with zero attached hydrogens (tertiary/aromatic N) is 3. The normalized spacial score (nSPS) is 23.8. The zero-order valence-electron chi connectivity index (χ0n) is 15.7. The molecular weight excluding hydrogens is 306 g/mol. The molecule has 2 heterocycles. The lowest BCUT2D eigenvalue weighted by atomic mass is 9.97. The van der Waals surface area contributed by atoms with Crippen LogP contribution in [0.5, 0.6) is 0 Å². The maximum Gasteiger partial charge on any atom is 0.410 e. The van der Waals surface area contributed by atoms with Crippen LogP contribution in [0.4, 0.5) is 4.79 Å². The van der Waals surface area contributed by atoms with Crippen LogP contribution in [0, 0.1) is 5.92 Å². The molecule has 6 nitrogen and oxygen atoms in total. The van der Waals surface area contributed by atoms with Crippen molar-refractivity contribution in [1.29, 1.82) is 0 Å². The van der Waals surface area contributed by atoms with Crippen molar-refractivity contribution in [1.82, 2.24) is 14.7 Å². The summed E-state index contributed by atoms with van der Waals surface area (Å²) in [6.45, 7) is 13.6. The van der Waals surface area contributed by atoms with E-state index in [-0.39, 0.29) is 12.0 Å². The summed E-state index contributed by atoms with van der Waals surface area (Å²) in [5.41, 5.74) is -0.440. The average molecular weight is 339 g/mol. The van der Waals surface area contributed by atoms with Crippen LogP contribution in [0.3, 0.4) is 0 Å². The maximum absolute atomic E-state index is 12.3. The Balaban J connectivity index is 1.82. The predicted molar refractivity (Wildman–Crippen MR) is 93.8 cm³/mol. The molecule has 0 aromatic carbocycles. The maximum atomic E-state index is 12.3. The molecule has 0 saturated carbocycles. The molecule has 0 spiro atoms. The number of hydrogen-bond donors (Lipinski definition) is 0. The predicted octanol–water partition coefficient (Wildman–Crippen LogP) is 2.19. The Kier molecular flexibility index (Phi) is 6.49. The minimum absolute atomic E-state index is 0.172. The monoisotopic (exact) mass is 339 g/mol. The topological polar surface area (TPSA) is 53.1 Å². The van der Waals surface area contributed by atoms with Gasteiger partial charge in [0.05, 0.1) is 0 Å². The second kappa shape index (κ2) is 8.19. The molecule has 1 atom stereocenters. The Morgan fingerprint density at radius 2 is 1.71 bits per heavy atom. The highest BCUT2D eigenvalue weighted by Gasteiger charge is 2.29. The van der Waals surface area contributed by atoms with E-state index in [1.54, 1.807) is 6.92 Å². The third kappa shape index (κ3) is 5.96. The van der Waals surface area contributed by atoms with E-state index >= 15 is 0 Å². The van der Waals surface area contributed by atoms with Gasteiger partial charge in [-0.3, -0.25) is 4.79 Å². The summed E-state index contributed by atoms with van der Waals surface area (Å²) >= 11 is 0. The summed E-state index contributed by atoms with van der Waals surface area (Å²) in [5.74, 6) is 0.667. The average Bonchev–Trinajstić information content (AvgIpc) is 2.71. The summed E-state index contributed by atoms with van der Waals surface area (Å²) < 4.78 is 5.51. The highest BCUT2D eigenvalue weighted by atomic mass is 16.6. The first kappa shape index (κ1) is 19.0. The van der Waals surface area contributed by atoms with E-state index in [1.165, 1.54) is 0 Å². The molecule has 6 heteroatoms. The van der Waals surface area contributed by atoms with Crippen molar-refractivity contribution < 1.29 is 14.3 Å². The van der Waals surface area contributed by atoms with Crippen molar-refractivity contribution in [2.24, 2.45) is 5.92 Å². The Bertz CT molecular complexity index is 447. The zero-order valence-corrected chi connectivity index (χ0v) is 15.7. The van der Waals surface area contributed by atoms with Gasteiger partial charge in [-0.05, 0) is 52.5 Å². The van der Waals surface area contributed by atoms with Gasteiger partial charge < -0.3 is 19.4 Å². The van der Waals surface area contributed by atoms with Gasteiger partial charge in [-0.1, -0.05) is 0 Å². The molecule has 24 heavy (non-hydrogen) atoms. The Labute approximate surface area is 146 Å². The standard InChI is InChI=1S/C18H33N3O3/c1-15(22)20-10-6-8-19(11-12-20)13-16-7-5-9-21(14-16)17(23)24-18(2,3)4/h16H,5-14H2,1-4H3. The van der Waals surface area contributed by atoms with Crippen LogP contribution in [0.15, 0.2) is 0 Å². The van der Waals surface area contributed by atoms with Crippen LogP contribution in [0.1, 0.15) is 47.0 Å². The fourth-order valence-corrected chi connectivity index (χ4v) is 3.54. The fourth-order valence-electron chi connectivity index (χ4n) is 3.54. The molecule has 0 aromatic rings.